The maximum Gasteiger partial charge on any atom is 0.171 e. The Kier molecular flexibility index (Phi) is 2.55. The summed E-state index contributed by atoms with van der Waals surface area (Å²) < 4.78 is 2.04. The molecule has 2 aromatic heterocycles. The second kappa shape index (κ2) is 4.09. The SMILES string of the molecule is CC(=O)c1sc(N2CCn3cnnc3C2)cc1N. The molecule has 0 saturated heterocycles. The molecule has 2 N–H and O–H groups in total. The van der Waals surface area contributed by atoms with Crippen LogP contribution in [-0.4, -0.2) is 27.1 Å². The van der Waals surface area contributed by atoms with Crippen molar-refractivity contribution in [2.24, 2.45) is 0 Å². The molecule has 0 atom stereocenters. The van der Waals surface area contributed by atoms with E-state index >= 15 is 0 Å². The summed E-state index contributed by atoms with van der Waals surface area (Å²) in [7, 11) is 0. The van der Waals surface area contributed by atoms with Crippen molar-refractivity contribution in [3.63, 3.8) is 0 Å². The van der Waals surface area contributed by atoms with Crippen LogP contribution < -0.4 is 10.6 Å². The number of hydrogen-bond acceptors (Lipinski definition) is 6. The van der Waals surface area contributed by atoms with Crippen molar-refractivity contribution in [2.75, 3.05) is 17.2 Å². The van der Waals surface area contributed by atoms with E-state index in [4.69, 9.17) is 5.73 Å². The van der Waals surface area contributed by atoms with Gasteiger partial charge in [0.25, 0.3) is 0 Å². The summed E-state index contributed by atoms with van der Waals surface area (Å²) in [6.07, 6.45) is 1.75. The molecular weight excluding hydrogens is 250 g/mol. The lowest BCUT2D eigenvalue weighted by molar-refractivity contribution is 0.102. The molecule has 1 aliphatic heterocycles. The van der Waals surface area contributed by atoms with Gasteiger partial charge < -0.3 is 15.2 Å². The molecule has 0 aliphatic carbocycles. The van der Waals surface area contributed by atoms with Crippen molar-refractivity contribution in [3.8, 4) is 0 Å². The molecule has 0 radical (unpaired) electrons. The van der Waals surface area contributed by atoms with E-state index < -0.39 is 0 Å². The number of Topliss-reactive ketones (excluding diaryl/α,β-unsaturated/α-hetero) is 1. The average molecular weight is 263 g/mol. The molecule has 1 aliphatic rings. The Morgan fingerprint density at radius 2 is 2.33 bits per heavy atom. The number of carbonyl (C=O) groups excluding carboxylic acids is 1. The highest BCUT2D eigenvalue weighted by molar-refractivity contribution is 7.18. The average Bonchev–Trinajstić information content (AvgIpc) is 2.93. The summed E-state index contributed by atoms with van der Waals surface area (Å²) in [6, 6.07) is 1.87. The Balaban J connectivity index is 1.89. The number of hydrogen-bond donors (Lipinski definition) is 1. The summed E-state index contributed by atoms with van der Waals surface area (Å²) >= 11 is 1.45. The lowest BCUT2D eigenvalue weighted by Crippen LogP contribution is -2.32. The maximum atomic E-state index is 11.4. The smallest absolute Gasteiger partial charge is 0.171 e. The molecule has 0 unspecified atom stereocenters. The van der Waals surface area contributed by atoms with Gasteiger partial charge in [0.05, 0.1) is 22.1 Å². The Bertz CT molecular complexity index is 602. The van der Waals surface area contributed by atoms with E-state index in [1.54, 1.807) is 13.3 Å². The summed E-state index contributed by atoms with van der Waals surface area (Å²) in [6.45, 7) is 3.98. The Hall–Kier alpha value is -1.89. The molecule has 0 amide bonds. The van der Waals surface area contributed by atoms with E-state index in [1.807, 2.05) is 10.6 Å². The quantitative estimate of drug-likeness (QED) is 0.822. The van der Waals surface area contributed by atoms with Gasteiger partial charge in [0.1, 0.15) is 6.33 Å². The van der Waals surface area contributed by atoms with Gasteiger partial charge in [-0.1, -0.05) is 0 Å². The lowest BCUT2D eigenvalue weighted by atomic mass is 10.3. The van der Waals surface area contributed by atoms with Crippen LogP contribution in [0.15, 0.2) is 12.4 Å². The van der Waals surface area contributed by atoms with Crippen molar-refractivity contribution in [3.05, 3.63) is 23.1 Å². The highest BCUT2D eigenvalue weighted by Gasteiger charge is 2.21. The van der Waals surface area contributed by atoms with Crippen LogP contribution in [0.1, 0.15) is 22.4 Å². The molecule has 3 heterocycles. The van der Waals surface area contributed by atoms with Gasteiger partial charge in [-0.2, -0.15) is 0 Å². The molecular formula is C11H13N5OS. The second-order valence-electron chi connectivity index (χ2n) is 4.29. The first kappa shape index (κ1) is 11.2. The number of ketones is 1. The zero-order valence-electron chi connectivity index (χ0n) is 9.96. The third kappa shape index (κ3) is 1.76. The fraction of sp³-hybridized carbons (Fsp3) is 0.364. The van der Waals surface area contributed by atoms with Crippen molar-refractivity contribution >= 4 is 27.8 Å². The molecule has 94 valence electrons. The molecule has 0 spiro atoms. The fourth-order valence-corrected chi connectivity index (χ4v) is 3.08. The van der Waals surface area contributed by atoms with Crippen LogP contribution >= 0.6 is 11.3 Å². The number of nitrogens with zero attached hydrogens (tertiary/aromatic N) is 4. The van der Waals surface area contributed by atoms with E-state index in [9.17, 15) is 4.79 Å². The summed E-state index contributed by atoms with van der Waals surface area (Å²) in [4.78, 5) is 14.2. The van der Waals surface area contributed by atoms with Crippen LogP contribution in [0.4, 0.5) is 10.7 Å². The normalized spacial score (nSPS) is 14.6. The van der Waals surface area contributed by atoms with E-state index in [2.05, 4.69) is 15.1 Å². The van der Waals surface area contributed by atoms with Gasteiger partial charge in [0.2, 0.25) is 0 Å². The van der Waals surface area contributed by atoms with Gasteiger partial charge in [-0.3, -0.25) is 4.79 Å². The standard InChI is InChI=1S/C11H13N5OS/c1-7(17)11-8(12)4-10(18-11)15-2-3-16-6-13-14-9(16)5-15/h4,6H,2-3,5,12H2,1H3. The van der Waals surface area contributed by atoms with Crippen LogP contribution in [-0.2, 0) is 13.1 Å². The molecule has 7 heteroatoms. The van der Waals surface area contributed by atoms with Crippen LogP contribution in [0.2, 0.25) is 0 Å². The van der Waals surface area contributed by atoms with Crippen LogP contribution in [0.3, 0.4) is 0 Å². The molecule has 0 bridgehead atoms. The van der Waals surface area contributed by atoms with Crippen molar-refractivity contribution < 1.29 is 4.79 Å². The number of carbonyl (C=O) groups is 1. The molecule has 18 heavy (non-hydrogen) atoms. The number of aromatic nitrogens is 3. The second-order valence-corrected chi connectivity index (χ2v) is 5.32. The first-order valence-corrected chi connectivity index (χ1v) is 6.48. The number of nitrogens with two attached hydrogens (primary N) is 1. The monoisotopic (exact) mass is 263 g/mol. The summed E-state index contributed by atoms with van der Waals surface area (Å²) in [5.74, 6) is 0.960. The zero-order valence-corrected chi connectivity index (χ0v) is 10.8. The number of rotatable bonds is 2. The van der Waals surface area contributed by atoms with Gasteiger partial charge in [-0.05, 0) is 6.07 Å². The number of fused-ring (bicyclic) bond motifs is 1. The predicted octanol–water partition coefficient (Wildman–Crippen LogP) is 1.14. The van der Waals surface area contributed by atoms with Crippen molar-refractivity contribution in [1.82, 2.24) is 14.8 Å². The number of anilines is 2. The highest BCUT2D eigenvalue weighted by atomic mass is 32.1. The molecule has 3 rings (SSSR count). The minimum Gasteiger partial charge on any atom is -0.397 e. The minimum absolute atomic E-state index is 0.0175. The topological polar surface area (TPSA) is 77.0 Å². The van der Waals surface area contributed by atoms with E-state index in [1.165, 1.54) is 11.3 Å². The van der Waals surface area contributed by atoms with Gasteiger partial charge in [0.15, 0.2) is 11.6 Å². The Labute approximate surface area is 108 Å². The Morgan fingerprint density at radius 3 is 3.06 bits per heavy atom. The van der Waals surface area contributed by atoms with E-state index in [0.29, 0.717) is 17.1 Å². The maximum absolute atomic E-state index is 11.4. The van der Waals surface area contributed by atoms with Gasteiger partial charge in [-0.25, -0.2) is 0 Å². The van der Waals surface area contributed by atoms with Crippen LogP contribution in [0.25, 0.3) is 0 Å². The van der Waals surface area contributed by atoms with Crippen molar-refractivity contribution in [2.45, 2.75) is 20.0 Å². The molecule has 0 saturated carbocycles. The largest absolute Gasteiger partial charge is 0.397 e. The minimum atomic E-state index is 0.0175. The Morgan fingerprint density at radius 1 is 1.50 bits per heavy atom. The molecule has 2 aromatic rings. The van der Waals surface area contributed by atoms with Crippen LogP contribution in [0, 0.1) is 0 Å². The third-order valence-electron chi connectivity index (χ3n) is 3.02. The van der Waals surface area contributed by atoms with Gasteiger partial charge in [0, 0.05) is 20.0 Å². The summed E-state index contributed by atoms with van der Waals surface area (Å²) in [5.41, 5.74) is 6.42. The highest BCUT2D eigenvalue weighted by Crippen LogP contribution is 2.33. The third-order valence-corrected chi connectivity index (χ3v) is 4.33. The zero-order chi connectivity index (χ0) is 12.7. The number of nitrogen functional groups attached to an aromatic ring is 1. The summed E-state index contributed by atoms with van der Waals surface area (Å²) in [5, 5.41) is 8.99. The molecule has 6 nitrogen and oxygen atoms in total. The predicted molar refractivity (Wildman–Crippen MR) is 69.8 cm³/mol. The van der Waals surface area contributed by atoms with Gasteiger partial charge >= 0.3 is 0 Å². The fourth-order valence-electron chi connectivity index (χ4n) is 2.08. The molecule has 0 fully saturated rings. The molecule has 0 aromatic carbocycles. The van der Waals surface area contributed by atoms with E-state index in [-0.39, 0.29) is 5.78 Å². The van der Waals surface area contributed by atoms with Crippen molar-refractivity contribution in [1.29, 1.82) is 0 Å². The van der Waals surface area contributed by atoms with Gasteiger partial charge in [-0.15, -0.1) is 21.5 Å². The lowest BCUT2D eigenvalue weighted by Gasteiger charge is -2.27. The van der Waals surface area contributed by atoms with E-state index in [0.717, 1.165) is 23.9 Å². The first-order valence-electron chi connectivity index (χ1n) is 5.67. The number of thiophene rings is 1. The first-order chi connectivity index (χ1) is 8.65. The van der Waals surface area contributed by atoms with Crippen LogP contribution in [0.5, 0.6) is 0 Å².